The molecule has 1 amide bonds. The van der Waals surface area contributed by atoms with Crippen LogP contribution in [0.2, 0.25) is 0 Å². The molecule has 0 aliphatic rings. The van der Waals surface area contributed by atoms with Gasteiger partial charge in [0, 0.05) is 17.1 Å². The molecule has 0 saturated heterocycles. The van der Waals surface area contributed by atoms with Crippen LogP contribution < -0.4 is 5.32 Å². The highest BCUT2D eigenvalue weighted by molar-refractivity contribution is 9.09. The van der Waals surface area contributed by atoms with Crippen molar-refractivity contribution in [1.82, 2.24) is 10.3 Å². The van der Waals surface area contributed by atoms with Gasteiger partial charge in [0.1, 0.15) is 0 Å². The van der Waals surface area contributed by atoms with Crippen LogP contribution in [0.3, 0.4) is 0 Å². The van der Waals surface area contributed by atoms with Crippen LogP contribution in [-0.4, -0.2) is 22.3 Å². The predicted molar refractivity (Wildman–Crippen MR) is 88.9 cm³/mol. The summed E-state index contributed by atoms with van der Waals surface area (Å²) < 4.78 is 0. The quantitative estimate of drug-likeness (QED) is 0.842. The number of rotatable bonds is 5. The Balaban J connectivity index is 2.06. The molecule has 1 aromatic heterocycles. The highest BCUT2D eigenvalue weighted by Gasteiger charge is 2.15. The Bertz CT molecular complexity index is 613. The minimum absolute atomic E-state index is 0.0561. The maximum atomic E-state index is 12.4. The van der Waals surface area contributed by atoms with E-state index < -0.39 is 0 Å². The van der Waals surface area contributed by atoms with Crippen molar-refractivity contribution in [1.29, 1.82) is 0 Å². The summed E-state index contributed by atoms with van der Waals surface area (Å²) in [6.45, 7) is 3.79. The lowest BCUT2D eigenvalue weighted by atomic mass is 10.1. The lowest BCUT2D eigenvalue weighted by Gasteiger charge is -2.17. The minimum Gasteiger partial charge on any atom is -0.348 e. The van der Waals surface area contributed by atoms with Crippen molar-refractivity contribution in [3.05, 3.63) is 65.0 Å². The number of hydrogen-bond acceptors (Lipinski definition) is 2. The number of pyridine rings is 1. The number of carbonyl (C=O) groups is 1. The van der Waals surface area contributed by atoms with E-state index in [1.807, 2.05) is 44.2 Å². The Morgan fingerprint density at radius 2 is 1.90 bits per heavy atom. The monoisotopic (exact) mass is 346 g/mol. The van der Waals surface area contributed by atoms with Crippen molar-refractivity contribution in [2.75, 3.05) is 5.33 Å². The van der Waals surface area contributed by atoms with Crippen LogP contribution in [0.5, 0.6) is 0 Å². The van der Waals surface area contributed by atoms with E-state index in [0.29, 0.717) is 10.9 Å². The van der Waals surface area contributed by atoms with Gasteiger partial charge >= 0.3 is 0 Å². The zero-order valence-corrected chi connectivity index (χ0v) is 13.9. The van der Waals surface area contributed by atoms with Gasteiger partial charge in [-0.3, -0.25) is 9.78 Å². The molecule has 2 aromatic rings. The highest BCUT2D eigenvalue weighted by Crippen LogP contribution is 2.09. The van der Waals surface area contributed by atoms with Crippen LogP contribution in [0.4, 0.5) is 0 Å². The lowest BCUT2D eigenvalue weighted by Crippen LogP contribution is -2.38. The maximum Gasteiger partial charge on any atom is 0.253 e. The van der Waals surface area contributed by atoms with Crippen molar-refractivity contribution in [3.8, 4) is 0 Å². The summed E-state index contributed by atoms with van der Waals surface area (Å²) in [4.78, 5) is 16.7. The summed E-state index contributed by atoms with van der Waals surface area (Å²) in [6.07, 6.45) is 0.802. The second-order valence-electron chi connectivity index (χ2n) is 5.10. The first-order valence-corrected chi connectivity index (χ1v) is 8.07. The van der Waals surface area contributed by atoms with E-state index in [1.54, 1.807) is 0 Å². The number of nitrogens with zero attached hydrogens (tertiary/aromatic N) is 1. The lowest BCUT2D eigenvalue weighted by molar-refractivity contribution is 0.0940. The number of aryl methyl sites for hydroxylation is 2. The Morgan fingerprint density at radius 1 is 1.19 bits per heavy atom. The van der Waals surface area contributed by atoms with Crippen molar-refractivity contribution in [3.63, 3.8) is 0 Å². The molecule has 1 heterocycles. The van der Waals surface area contributed by atoms with E-state index in [-0.39, 0.29) is 11.9 Å². The topological polar surface area (TPSA) is 42.0 Å². The summed E-state index contributed by atoms with van der Waals surface area (Å²) in [7, 11) is 0. The Morgan fingerprint density at radius 3 is 2.52 bits per heavy atom. The van der Waals surface area contributed by atoms with Crippen LogP contribution in [0, 0.1) is 13.8 Å². The molecule has 1 atom stereocenters. The normalized spacial score (nSPS) is 12.0. The number of alkyl halides is 1. The van der Waals surface area contributed by atoms with Crippen LogP contribution in [-0.2, 0) is 6.42 Å². The van der Waals surface area contributed by atoms with Crippen molar-refractivity contribution >= 4 is 21.8 Å². The first kappa shape index (κ1) is 15.7. The van der Waals surface area contributed by atoms with Gasteiger partial charge < -0.3 is 5.32 Å². The molecule has 1 aromatic carbocycles. The zero-order valence-electron chi connectivity index (χ0n) is 12.3. The third-order valence-electron chi connectivity index (χ3n) is 3.32. The molecule has 1 unspecified atom stereocenters. The number of carbonyl (C=O) groups excluding carboxylic acids is 1. The number of benzene rings is 1. The number of aromatic nitrogens is 1. The first-order valence-electron chi connectivity index (χ1n) is 6.95. The molecule has 1 N–H and O–H groups in total. The Hall–Kier alpha value is -1.68. The van der Waals surface area contributed by atoms with E-state index >= 15 is 0 Å². The molecule has 2 rings (SSSR count). The van der Waals surface area contributed by atoms with Gasteiger partial charge in [-0.05, 0) is 38.0 Å². The second-order valence-corrected chi connectivity index (χ2v) is 5.75. The first-order chi connectivity index (χ1) is 10.1. The standard InChI is InChI=1S/C17H19BrN2O/c1-12-8-9-16(13(2)19-12)17(21)20-15(11-18)10-14-6-4-3-5-7-14/h3-9,15H,10-11H2,1-2H3,(H,20,21). The SMILES string of the molecule is Cc1ccc(C(=O)NC(CBr)Cc2ccccc2)c(C)n1. The fraction of sp³-hybridized carbons (Fsp3) is 0.294. The molecular weight excluding hydrogens is 328 g/mol. The smallest absolute Gasteiger partial charge is 0.253 e. The summed E-state index contributed by atoms with van der Waals surface area (Å²) in [6, 6.07) is 13.9. The van der Waals surface area contributed by atoms with E-state index in [4.69, 9.17) is 0 Å². The minimum atomic E-state index is -0.0691. The number of amides is 1. The molecule has 3 nitrogen and oxygen atoms in total. The maximum absolute atomic E-state index is 12.4. The number of halogens is 1. The Kier molecular flexibility index (Phi) is 5.51. The van der Waals surface area contributed by atoms with E-state index in [2.05, 4.69) is 38.4 Å². The predicted octanol–water partition coefficient (Wildman–Crippen LogP) is 3.43. The van der Waals surface area contributed by atoms with Crippen molar-refractivity contribution in [2.45, 2.75) is 26.3 Å². The molecular formula is C17H19BrN2O. The fourth-order valence-electron chi connectivity index (χ4n) is 2.23. The van der Waals surface area contributed by atoms with Crippen molar-refractivity contribution in [2.24, 2.45) is 0 Å². The summed E-state index contributed by atoms with van der Waals surface area (Å²) >= 11 is 3.47. The van der Waals surface area contributed by atoms with Gasteiger partial charge in [-0.1, -0.05) is 46.3 Å². The summed E-state index contributed by atoms with van der Waals surface area (Å²) in [5.74, 6) is -0.0691. The van der Waals surface area contributed by atoms with Crippen LogP contribution in [0.25, 0.3) is 0 Å². The van der Waals surface area contributed by atoms with Gasteiger partial charge in [0.25, 0.3) is 5.91 Å². The van der Waals surface area contributed by atoms with Crippen molar-refractivity contribution < 1.29 is 4.79 Å². The van der Waals surface area contributed by atoms with Gasteiger partial charge in [0.2, 0.25) is 0 Å². The third-order valence-corrected chi connectivity index (χ3v) is 4.10. The van der Waals surface area contributed by atoms with Gasteiger partial charge in [0.05, 0.1) is 11.3 Å². The van der Waals surface area contributed by atoms with Crippen LogP contribution in [0.15, 0.2) is 42.5 Å². The van der Waals surface area contributed by atoms with E-state index in [0.717, 1.165) is 17.8 Å². The third kappa shape index (κ3) is 4.39. The van der Waals surface area contributed by atoms with E-state index in [9.17, 15) is 4.79 Å². The molecule has 0 bridgehead atoms. The molecule has 0 radical (unpaired) electrons. The van der Waals surface area contributed by atoms with E-state index in [1.165, 1.54) is 5.56 Å². The average molecular weight is 347 g/mol. The van der Waals surface area contributed by atoms with Crippen LogP contribution >= 0.6 is 15.9 Å². The molecule has 0 aliphatic heterocycles. The molecule has 4 heteroatoms. The summed E-state index contributed by atoms with van der Waals surface area (Å²) in [5.41, 5.74) is 3.53. The van der Waals surface area contributed by atoms with Gasteiger partial charge in [0.15, 0.2) is 0 Å². The molecule has 21 heavy (non-hydrogen) atoms. The molecule has 110 valence electrons. The number of hydrogen-bond donors (Lipinski definition) is 1. The highest BCUT2D eigenvalue weighted by atomic mass is 79.9. The van der Waals surface area contributed by atoms with Gasteiger partial charge in [-0.25, -0.2) is 0 Å². The largest absolute Gasteiger partial charge is 0.348 e. The number of nitrogens with one attached hydrogen (secondary N) is 1. The zero-order chi connectivity index (χ0) is 15.2. The molecule has 0 aliphatic carbocycles. The average Bonchev–Trinajstić information content (AvgIpc) is 2.47. The Labute approximate surface area is 133 Å². The summed E-state index contributed by atoms with van der Waals surface area (Å²) in [5, 5.41) is 3.78. The molecule has 0 fully saturated rings. The fourth-order valence-corrected chi connectivity index (χ4v) is 2.62. The van der Waals surface area contributed by atoms with Gasteiger partial charge in [-0.2, -0.15) is 0 Å². The molecule has 0 saturated carbocycles. The van der Waals surface area contributed by atoms with Gasteiger partial charge in [-0.15, -0.1) is 0 Å². The van der Waals surface area contributed by atoms with Crippen LogP contribution in [0.1, 0.15) is 27.3 Å². The second kappa shape index (κ2) is 7.36. The molecule has 0 spiro atoms.